The van der Waals surface area contributed by atoms with E-state index >= 15 is 0 Å². The average Bonchev–Trinajstić information content (AvgIpc) is 2.40. The molecule has 0 bridgehead atoms. The maximum Gasteiger partial charge on any atom is 0.306 e. The lowest BCUT2D eigenvalue weighted by molar-refractivity contribution is -0.387. The molecule has 1 heterocycles. The molecule has 0 aliphatic heterocycles. The van der Waals surface area contributed by atoms with E-state index in [0.29, 0.717) is 6.07 Å². The van der Waals surface area contributed by atoms with E-state index in [-0.39, 0.29) is 5.69 Å². The molecule has 0 radical (unpaired) electrons. The summed E-state index contributed by atoms with van der Waals surface area (Å²) in [6.45, 7) is 0. The molecular formula is C11H7F2N3O4S. The minimum Gasteiger partial charge on any atom is -0.278 e. The number of nitrogens with one attached hydrogen (secondary N) is 1. The van der Waals surface area contributed by atoms with Crippen LogP contribution < -0.4 is 4.72 Å². The van der Waals surface area contributed by atoms with Crippen LogP contribution in [-0.4, -0.2) is 18.3 Å². The smallest absolute Gasteiger partial charge is 0.278 e. The van der Waals surface area contributed by atoms with E-state index in [9.17, 15) is 27.3 Å². The van der Waals surface area contributed by atoms with Gasteiger partial charge in [0.1, 0.15) is 0 Å². The van der Waals surface area contributed by atoms with Crippen molar-refractivity contribution in [3.8, 4) is 0 Å². The summed E-state index contributed by atoms with van der Waals surface area (Å²) in [7, 11) is -4.38. The summed E-state index contributed by atoms with van der Waals surface area (Å²) in [6, 6.07) is 4.49. The Morgan fingerprint density at radius 3 is 2.52 bits per heavy atom. The number of anilines is 1. The van der Waals surface area contributed by atoms with Crippen molar-refractivity contribution in [2.24, 2.45) is 0 Å². The molecule has 0 fully saturated rings. The molecule has 110 valence electrons. The van der Waals surface area contributed by atoms with Crippen molar-refractivity contribution in [1.29, 1.82) is 0 Å². The summed E-state index contributed by atoms with van der Waals surface area (Å²) in [4.78, 5) is 13.0. The summed E-state index contributed by atoms with van der Waals surface area (Å²) in [5.74, 6) is -2.20. The molecule has 21 heavy (non-hydrogen) atoms. The SMILES string of the molecule is O=[N+]([O-])c1cc(NS(=O)(=O)c2ncccc2F)ccc1F. The number of rotatable bonds is 4. The normalized spacial score (nSPS) is 11.1. The molecule has 2 rings (SSSR count). The largest absolute Gasteiger partial charge is 0.306 e. The van der Waals surface area contributed by atoms with Crippen LogP contribution in [0.3, 0.4) is 0 Å². The predicted molar refractivity (Wildman–Crippen MR) is 68.1 cm³/mol. The fourth-order valence-electron chi connectivity index (χ4n) is 1.49. The molecule has 0 aliphatic rings. The lowest BCUT2D eigenvalue weighted by Crippen LogP contribution is -2.16. The van der Waals surface area contributed by atoms with Gasteiger partial charge < -0.3 is 0 Å². The van der Waals surface area contributed by atoms with Gasteiger partial charge in [0, 0.05) is 12.3 Å². The van der Waals surface area contributed by atoms with Crippen LogP contribution in [0.1, 0.15) is 0 Å². The second-order valence-electron chi connectivity index (χ2n) is 3.82. The average molecular weight is 315 g/mol. The van der Waals surface area contributed by atoms with Crippen molar-refractivity contribution >= 4 is 21.4 Å². The highest BCUT2D eigenvalue weighted by molar-refractivity contribution is 7.92. The third-order valence-electron chi connectivity index (χ3n) is 2.37. The van der Waals surface area contributed by atoms with E-state index in [1.54, 1.807) is 0 Å². The Morgan fingerprint density at radius 1 is 1.19 bits per heavy atom. The van der Waals surface area contributed by atoms with Crippen LogP contribution >= 0.6 is 0 Å². The van der Waals surface area contributed by atoms with Crippen LogP contribution in [0.25, 0.3) is 0 Å². The fraction of sp³-hybridized carbons (Fsp3) is 0. The Balaban J connectivity index is 2.40. The molecule has 0 spiro atoms. The van der Waals surface area contributed by atoms with Crippen LogP contribution in [-0.2, 0) is 10.0 Å². The number of hydrogen-bond acceptors (Lipinski definition) is 5. The second kappa shape index (κ2) is 5.40. The van der Waals surface area contributed by atoms with Crippen molar-refractivity contribution in [2.75, 3.05) is 4.72 Å². The molecular weight excluding hydrogens is 308 g/mol. The fourth-order valence-corrected chi connectivity index (χ4v) is 2.55. The summed E-state index contributed by atoms with van der Waals surface area (Å²) in [5, 5.41) is 9.72. The van der Waals surface area contributed by atoms with E-state index in [1.807, 2.05) is 4.72 Å². The van der Waals surface area contributed by atoms with Crippen LogP contribution in [0.15, 0.2) is 41.6 Å². The quantitative estimate of drug-likeness (QED) is 0.687. The minimum atomic E-state index is -4.38. The van der Waals surface area contributed by atoms with Gasteiger partial charge in [0.15, 0.2) is 5.82 Å². The number of nitro groups is 1. The van der Waals surface area contributed by atoms with Crippen molar-refractivity contribution in [1.82, 2.24) is 4.98 Å². The molecule has 1 N–H and O–H groups in total. The Labute approximate surface area is 117 Å². The van der Waals surface area contributed by atoms with Crippen molar-refractivity contribution in [3.05, 3.63) is 58.3 Å². The maximum atomic E-state index is 13.4. The third kappa shape index (κ3) is 3.11. The number of nitro benzene ring substituents is 1. The van der Waals surface area contributed by atoms with Gasteiger partial charge >= 0.3 is 5.69 Å². The van der Waals surface area contributed by atoms with Gasteiger partial charge in [0.2, 0.25) is 10.8 Å². The molecule has 0 saturated carbocycles. The van der Waals surface area contributed by atoms with E-state index in [1.165, 1.54) is 6.07 Å². The minimum absolute atomic E-state index is 0.284. The van der Waals surface area contributed by atoms with Gasteiger partial charge in [0.25, 0.3) is 10.0 Å². The number of pyridine rings is 1. The summed E-state index contributed by atoms with van der Waals surface area (Å²) < 4.78 is 52.3. The first-order valence-electron chi connectivity index (χ1n) is 5.38. The second-order valence-corrected chi connectivity index (χ2v) is 5.42. The number of aromatic nitrogens is 1. The zero-order valence-corrected chi connectivity index (χ0v) is 11.0. The lowest BCUT2D eigenvalue weighted by atomic mass is 10.3. The number of halogens is 2. The van der Waals surface area contributed by atoms with E-state index in [2.05, 4.69) is 4.98 Å². The molecule has 0 unspecified atom stereocenters. The molecule has 1 aromatic carbocycles. The highest BCUT2D eigenvalue weighted by Crippen LogP contribution is 2.23. The molecule has 0 aliphatic carbocycles. The lowest BCUT2D eigenvalue weighted by Gasteiger charge is -2.07. The first-order valence-corrected chi connectivity index (χ1v) is 6.87. The Bertz CT molecular complexity index is 811. The predicted octanol–water partition coefficient (Wildman–Crippen LogP) is 2.07. The first kappa shape index (κ1) is 14.8. The van der Waals surface area contributed by atoms with Crippen LogP contribution in [0.5, 0.6) is 0 Å². The Kier molecular flexibility index (Phi) is 3.80. The van der Waals surface area contributed by atoms with Crippen molar-refractivity contribution in [3.63, 3.8) is 0 Å². The maximum absolute atomic E-state index is 13.4. The zero-order valence-electron chi connectivity index (χ0n) is 10.2. The van der Waals surface area contributed by atoms with E-state index < -0.39 is 37.3 Å². The summed E-state index contributed by atoms with van der Waals surface area (Å²) in [5.41, 5.74) is -1.19. The molecule has 0 atom stereocenters. The molecule has 2 aromatic rings. The number of hydrogen-bond donors (Lipinski definition) is 1. The molecule has 0 amide bonds. The molecule has 1 aromatic heterocycles. The topological polar surface area (TPSA) is 102 Å². The summed E-state index contributed by atoms with van der Waals surface area (Å²) in [6.07, 6.45) is 1.07. The van der Waals surface area contributed by atoms with Crippen molar-refractivity contribution in [2.45, 2.75) is 5.03 Å². The van der Waals surface area contributed by atoms with Gasteiger partial charge in [-0.2, -0.15) is 12.8 Å². The van der Waals surface area contributed by atoms with Crippen molar-refractivity contribution < 1.29 is 22.1 Å². The molecule has 0 saturated heterocycles. The van der Waals surface area contributed by atoms with Gasteiger partial charge in [0.05, 0.1) is 10.6 Å². The van der Waals surface area contributed by atoms with Gasteiger partial charge in [-0.3, -0.25) is 14.8 Å². The van der Waals surface area contributed by atoms with E-state index in [0.717, 1.165) is 24.4 Å². The number of nitrogens with zero attached hydrogens (tertiary/aromatic N) is 2. The van der Waals surface area contributed by atoms with Gasteiger partial charge in [-0.25, -0.2) is 9.37 Å². The van der Waals surface area contributed by atoms with Crippen LogP contribution in [0.4, 0.5) is 20.2 Å². The molecule has 10 heteroatoms. The first-order chi connectivity index (χ1) is 9.81. The van der Waals surface area contributed by atoms with Gasteiger partial charge in [-0.15, -0.1) is 0 Å². The molecule has 7 nitrogen and oxygen atoms in total. The third-order valence-corrected chi connectivity index (χ3v) is 3.69. The Hall–Kier alpha value is -2.62. The highest BCUT2D eigenvalue weighted by atomic mass is 32.2. The van der Waals surface area contributed by atoms with Crippen LogP contribution in [0.2, 0.25) is 0 Å². The van der Waals surface area contributed by atoms with E-state index in [4.69, 9.17) is 0 Å². The standard InChI is InChI=1S/C11H7F2N3O4S/c12-8-4-3-7(6-10(8)16(17)18)15-21(19,20)11-9(13)2-1-5-14-11/h1-6,15H. The number of sulfonamides is 1. The zero-order chi connectivity index (χ0) is 15.6. The van der Waals surface area contributed by atoms with Crippen LogP contribution in [0, 0.1) is 21.7 Å². The monoisotopic (exact) mass is 315 g/mol. The summed E-state index contributed by atoms with van der Waals surface area (Å²) >= 11 is 0. The van der Waals surface area contributed by atoms with Gasteiger partial charge in [-0.1, -0.05) is 0 Å². The highest BCUT2D eigenvalue weighted by Gasteiger charge is 2.22. The van der Waals surface area contributed by atoms with Gasteiger partial charge in [-0.05, 0) is 24.3 Å². The Morgan fingerprint density at radius 2 is 1.90 bits per heavy atom. The number of benzene rings is 1.